The quantitative estimate of drug-likeness (QED) is 0.765. The molecule has 0 bridgehead atoms. The second kappa shape index (κ2) is 5.18. The monoisotopic (exact) mass is 287 g/mol. The fourth-order valence-electron chi connectivity index (χ4n) is 1.23. The number of hydrogen-bond donors (Lipinski definition) is 0. The van der Waals surface area contributed by atoms with Crippen molar-refractivity contribution in [1.82, 2.24) is 0 Å². The lowest BCUT2D eigenvalue weighted by Crippen LogP contribution is -2.21. The van der Waals surface area contributed by atoms with Gasteiger partial charge in [0.05, 0.1) is 0 Å². The number of benzene rings is 1. The summed E-state index contributed by atoms with van der Waals surface area (Å²) < 4.78 is 79.5. The molecule has 0 amide bonds. The Morgan fingerprint density at radius 3 is 1.74 bits per heavy atom. The molecule has 19 heavy (non-hydrogen) atoms. The largest absolute Gasteiger partial charge is 0.573 e. The number of halogens is 6. The molecule has 8 heteroatoms. The van der Waals surface area contributed by atoms with Crippen LogP contribution in [0.2, 0.25) is 0 Å². The highest BCUT2D eigenvalue weighted by Crippen LogP contribution is 2.37. The van der Waals surface area contributed by atoms with E-state index in [0.717, 1.165) is 12.1 Å². The standard InChI is InChI=1S/C11H9F6O2/c1-6(2)7-3-4-8(18-10(12,13)14)9(5-7)19-11(15,16)17/h3-5H,1-2H3. The van der Waals surface area contributed by atoms with Gasteiger partial charge in [0.25, 0.3) is 0 Å². The van der Waals surface area contributed by atoms with Gasteiger partial charge in [-0.2, -0.15) is 0 Å². The van der Waals surface area contributed by atoms with E-state index in [1.807, 2.05) is 0 Å². The Kier molecular flexibility index (Phi) is 4.21. The zero-order valence-corrected chi connectivity index (χ0v) is 9.82. The van der Waals surface area contributed by atoms with Crippen molar-refractivity contribution in [1.29, 1.82) is 0 Å². The molecule has 0 saturated carbocycles. The van der Waals surface area contributed by atoms with Crippen molar-refractivity contribution in [3.05, 3.63) is 29.7 Å². The lowest BCUT2D eigenvalue weighted by Gasteiger charge is -2.17. The number of ether oxygens (including phenoxy) is 2. The van der Waals surface area contributed by atoms with Gasteiger partial charge in [-0.1, -0.05) is 19.9 Å². The summed E-state index contributed by atoms with van der Waals surface area (Å²) in [4.78, 5) is 0. The van der Waals surface area contributed by atoms with Crippen LogP contribution in [0.3, 0.4) is 0 Å². The third kappa shape index (κ3) is 5.27. The number of alkyl halides is 6. The fraction of sp³-hybridized carbons (Fsp3) is 0.364. The van der Waals surface area contributed by atoms with Gasteiger partial charge in [-0.05, 0) is 23.6 Å². The zero-order valence-electron chi connectivity index (χ0n) is 9.82. The molecule has 0 aromatic heterocycles. The van der Waals surface area contributed by atoms with Crippen molar-refractivity contribution in [3.8, 4) is 11.5 Å². The highest BCUT2D eigenvalue weighted by molar-refractivity contribution is 5.46. The van der Waals surface area contributed by atoms with Gasteiger partial charge in [-0.15, -0.1) is 26.3 Å². The van der Waals surface area contributed by atoms with Crippen LogP contribution in [0.15, 0.2) is 18.2 Å². The molecule has 0 unspecified atom stereocenters. The summed E-state index contributed by atoms with van der Waals surface area (Å²) in [6.45, 7) is 3.19. The van der Waals surface area contributed by atoms with Crippen LogP contribution >= 0.6 is 0 Å². The summed E-state index contributed by atoms with van der Waals surface area (Å²) in [5.41, 5.74) is 0.314. The van der Waals surface area contributed by atoms with Crippen molar-refractivity contribution in [3.63, 3.8) is 0 Å². The van der Waals surface area contributed by atoms with E-state index in [9.17, 15) is 26.3 Å². The summed E-state index contributed by atoms with van der Waals surface area (Å²) in [6.07, 6.45) is -10.2. The maximum atomic E-state index is 12.1. The predicted molar refractivity (Wildman–Crippen MR) is 53.5 cm³/mol. The van der Waals surface area contributed by atoms with Crippen molar-refractivity contribution in [2.24, 2.45) is 0 Å². The summed E-state index contributed by atoms with van der Waals surface area (Å²) in [5.74, 6) is -1.47. The fourth-order valence-corrected chi connectivity index (χ4v) is 1.23. The Labute approximate surface area is 104 Å². The Morgan fingerprint density at radius 1 is 0.842 bits per heavy atom. The van der Waals surface area contributed by atoms with Gasteiger partial charge in [-0.25, -0.2) is 0 Å². The van der Waals surface area contributed by atoms with Crippen LogP contribution in [0.5, 0.6) is 11.5 Å². The van der Waals surface area contributed by atoms with Crippen LogP contribution in [0.1, 0.15) is 19.4 Å². The molecule has 1 aromatic rings. The van der Waals surface area contributed by atoms with E-state index in [4.69, 9.17) is 0 Å². The third-order valence-corrected chi connectivity index (χ3v) is 1.97. The molecule has 0 aliphatic carbocycles. The van der Waals surface area contributed by atoms with Crippen LogP contribution in [0.4, 0.5) is 26.3 Å². The van der Waals surface area contributed by atoms with Crippen LogP contribution in [0.25, 0.3) is 0 Å². The van der Waals surface area contributed by atoms with Crippen LogP contribution in [0, 0.1) is 5.92 Å². The second-order valence-electron chi connectivity index (χ2n) is 3.76. The average Bonchev–Trinajstić information content (AvgIpc) is 2.15. The molecule has 0 aliphatic rings. The second-order valence-corrected chi connectivity index (χ2v) is 3.76. The van der Waals surface area contributed by atoms with Crippen molar-refractivity contribution >= 4 is 0 Å². The first-order chi connectivity index (χ1) is 8.48. The summed E-state index contributed by atoms with van der Waals surface area (Å²) in [5, 5.41) is 0. The molecular formula is C11H9F6O2. The molecule has 107 valence electrons. The first kappa shape index (κ1) is 15.5. The van der Waals surface area contributed by atoms with E-state index < -0.39 is 24.2 Å². The molecule has 0 N–H and O–H groups in total. The maximum absolute atomic E-state index is 12.1. The van der Waals surface area contributed by atoms with E-state index in [1.165, 1.54) is 6.07 Å². The van der Waals surface area contributed by atoms with E-state index >= 15 is 0 Å². The Hall–Kier alpha value is -1.60. The van der Waals surface area contributed by atoms with Crippen molar-refractivity contribution in [2.75, 3.05) is 0 Å². The molecule has 0 aliphatic heterocycles. The first-order valence-corrected chi connectivity index (χ1v) is 4.94. The van der Waals surface area contributed by atoms with E-state index in [-0.39, 0.29) is 0 Å². The molecule has 2 nitrogen and oxygen atoms in total. The molecule has 0 saturated heterocycles. The minimum atomic E-state index is -5.11. The Morgan fingerprint density at radius 2 is 1.32 bits per heavy atom. The summed E-state index contributed by atoms with van der Waals surface area (Å²) in [7, 11) is 0. The highest BCUT2D eigenvalue weighted by Gasteiger charge is 2.36. The van der Waals surface area contributed by atoms with Crippen LogP contribution in [-0.2, 0) is 0 Å². The van der Waals surface area contributed by atoms with Gasteiger partial charge >= 0.3 is 12.7 Å². The van der Waals surface area contributed by atoms with Gasteiger partial charge in [0.15, 0.2) is 11.5 Å². The molecule has 1 radical (unpaired) electrons. The van der Waals surface area contributed by atoms with Crippen molar-refractivity contribution in [2.45, 2.75) is 26.6 Å². The molecular weight excluding hydrogens is 278 g/mol. The van der Waals surface area contributed by atoms with E-state index in [2.05, 4.69) is 9.47 Å². The van der Waals surface area contributed by atoms with Crippen molar-refractivity contribution < 1.29 is 35.8 Å². The van der Waals surface area contributed by atoms with Gasteiger partial charge < -0.3 is 9.47 Å². The Bertz CT molecular complexity index is 436. The SMILES string of the molecule is C[C](C)c1ccc(OC(F)(F)F)c(OC(F)(F)F)c1. The van der Waals surface area contributed by atoms with Crippen LogP contribution < -0.4 is 9.47 Å². The summed E-state index contributed by atoms with van der Waals surface area (Å²) in [6, 6.07) is 2.82. The molecule has 0 spiro atoms. The molecule has 1 rings (SSSR count). The van der Waals surface area contributed by atoms with Gasteiger partial charge in [0.1, 0.15) is 0 Å². The van der Waals surface area contributed by atoms with Gasteiger partial charge in [0.2, 0.25) is 0 Å². The highest BCUT2D eigenvalue weighted by atomic mass is 19.4. The van der Waals surface area contributed by atoms with E-state index in [1.54, 1.807) is 13.8 Å². The third-order valence-electron chi connectivity index (χ3n) is 1.97. The zero-order chi connectivity index (χ0) is 14.8. The molecule has 0 atom stereocenters. The topological polar surface area (TPSA) is 18.5 Å². The predicted octanol–water partition coefficient (Wildman–Crippen LogP) is 4.45. The lowest BCUT2D eigenvalue weighted by atomic mass is 10.0. The smallest absolute Gasteiger partial charge is 0.402 e. The maximum Gasteiger partial charge on any atom is 0.573 e. The number of rotatable bonds is 3. The normalized spacial score (nSPS) is 12.7. The van der Waals surface area contributed by atoms with Gasteiger partial charge in [-0.3, -0.25) is 0 Å². The molecule has 0 fully saturated rings. The molecule has 1 aromatic carbocycles. The number of hydrogen-bond acceptors (Lipinski definition) is 2. The average molecular weight is 287 g/mol. The van der Waals surface area contributed by atoms with E-state index in [0.29, 0.717) is 11.5 Å². The molecule has 0 heterocycles. The lowest BCUT2D eigenvalue weighted by molar-refractivity contribution is -0.287. The Balaban J connectivity index is 3.15. The minimum Gasteiger partial charge on any atom is -0.402 e. The first-order valence-electron chi connectivity index (χ1n) is 4.94. The summed E-state index contributed by atoms with van der Waals surface area (Å²) >= 11 is 0. The van der Waals surface area contributed by atoms with Gasteiger partial charge in [0, 0.05) is 0 Å². The minimum absolute atomic E-state index is 0.314. The van der Waals surface area contributed by atoms with Crippen LogP contribution in [-0.4, -0.2) is 12.7 Å².